The summed E-state index contributed by atoms with van der Waals surface area (Å²) in [6.45, 7) is 0.242. The molecule has 7 heteroatoms. The summed E-state index contributed by atoms with van der Waals surface area (Å²) in [6, 6.07) is 5.69. The monoisotopic (exact) mass is 226 g/mol. The van der Waals surface area contributed by atoms with Gasteiger partial charge in [0.05, 0.1) is 17.5 Å². The van der Waals surface area contributed by atoms with Crippen LogP contribution in [-0.2, 0) is 0 Å². The maximum atomic E-state index is 10.4. The van der Waals surface area contributed by atoms with Crippen molar-refractivity contribution in [3.63, 3.8) is 0 Å². The van der Waals surface area contributed by atoms with Crippen LogP contribution in [0.1, 0.15) is 0 Å². The first-order chi connectivity index (χ1) is 7.59. The van der Waals surface area contributed by atoms with Crippen LogP contribution >= 0.6 is 0 Å². The number of nitrogens with zero attached hydrogens (tertiary/aromatic N) is 1. The van der Waals surface area contributed by atoms with Crippen LogP contribution in [0.4, 0.5) is 10.5 Å². The van der Waals surface area contributed by atoms with Gasteiger partial charge in [-0.15, -0.1) is 0 Å². The lowest BCUT2D eigenvalue weighted by atomic mass is 10.3. The molecule has 0 aromatic heterocycles. The summed E-state index contributed by atoms with van der Waals surface area (Å²) >= 11 is 0. The van der Waals surface area contributed by atoms with E-state index in [0.29, 0.717) is 5.75 Å². The van der Waals surface area contributed by atoms with Crippen LogP contribution in [0.15, 0.2) is 24.3 Å². The van der Waals surface area contributed by atoms with Gasteiger partial charge in [0.25, 0.3) is 5.69 Å². The molecule has 86 valence electrons. The predicted octanol–water partition coefficient (Wildman–Crippen LogP) is 1.24. The second-order valence-corrected chi connectivity index (χ2v) is 2.83. The summed E-state index contributed by atoms with van der Waals surface area (Å²) in [5, 5.41) is 20.8. The molecule has 0 aliphatic carbocycles. The normalized spacial score (nSPS) is 9.50. The van der Waals surface area contributed by atoms with Crippen molar-refractivity contribution >= 4 is 11.8 Å². The molecule has 0 fully saturated rings. The van der Waals surface area contributed by atoms with Crippen molar-refractivity contribution in [3.8, 4) is 5.75 Å². The van der Waals surface area contributed by atoms with Gasteiger partial charge in [0.1, 0.15) is 12.4 Å². The van der Waals surface area contributed by atoms with Crippen LogP contribution in [0.2, 0.25) is 0 Å². The van der Waals surface area contributed by atoms with Gasteiger partial charge < -0.3 is 15.2 Å². The van der Waals surface area contributed by atoms with Gasteiger partial charge >= 0.3 is 6.09 Å². The fourth-order valence-corrected chi connectivity index (χ4v) is 1.01. The van der Waals surface area contributed by atoms with Gasteiger partial charge in [0.15, 0.2) is 0 Å². The number of nitrogens with one attached hydrogen (secondary N) is 1. The Hall–Kier alpha value is -2.31. The number of benzene rings is 1. The van der Waals surface area contributed by atoms with Gasteiger partial charge in [0, 0.05) is 6.07 Å². The van der Waals surface area contributed by atoms with E-state index in [-0.39, 0.29) is 18.8 Å². The maximum Gasteiger partial charge on any atom is 0.404 e. The van der Waals surface area contributed by atoms with Gasteiger partial charge in [-0.3, -0.25) is 10.1 Å². The van der Waals surface area contributed by atoms with Crippen LogP contribution in [0, 0.1) is 10.1 Å². The predicted molar refractivity (Wildman–Crippen MR) is 54.6 cm³/mol. The molecule has 1 aromatic rings. The number of rotatable bonds is 5. The van der Waals surface area contributed by atoms with Crippen LogP contribution < -0.4 is 10.1 Å². The van der Waals surface area contributed by atoms with Crippen molar-refractivity contribution in [1.29, 1.82) is 0 Å². The molecule has 0 saturated heterocycles. The minimum Gasteiger partial charge on any atom is -0.491 e. The molecule has 1 amide bonds. The standard InChI is InChI=1S/C9H10N2O5/c12-9(13)10-4-5-16-8-3-1-2-7(6-8)11(14)15/h1-3,6,10H,4-5H2,(H,12,13). The molecule has 0 unspecified atom stereocenters. The highest BCUT2D eigenvalue weighted by atomic mass is 16.6. The zero-order valence-electron chi connectivity index (χ0n) is 8.25. The van der Waals surface area contributed by atoms with Gasteiger partial charge in [0.2, 0.25) is 0 Å². The molecule has 0 aliphatic rings. The van der Waals surface area contributed by atoms with Gasteiger partial charge in [-0.25, -0.2) is 4.79 Å². The Bertz CT molecular complexity index is 393. The number of ether oxygens (including phenoxy) is 1. The molecular formula is C9H10N2O5. The first-order valence-electron chi connectivity index (χ1n) is 4.43. The summed E-state index contributed by atoms with van der Waals surface area (Å²) in [7, 11) is 0. The largest absolute Gasteiger partial charge is 0.491 e. The number of hydrogen-bond acceptors (Lipinski definition) is 4. The van der Waals surface area contributed by atoms with Gasteiger partial charge in [-0.1, -0.05) is 6.07 Å². The first kappa shape index (κ1) is 11.8. The summed E-state index contributed by atoms with van der Waals surface area (Å²) in [4.78, 5) is 20.0. The smallest absolute Gasteiger partial charge is 0.404 e. The average Bonchev–Trinajstić information content (AvgIpc) is 2.24. The highest BCUT2D eigenvalue weighted by Crippen LogP contribution is 2.18. The van der Waals surface area contributed by atoms with E-state index in [4.69, 9.17) is 9.84 Å². The number of nitro benzene ring substituents is 1. The fourth-order valence-electron chi connectivity index (χ4n) is 1.01. The molecule has 0 heterocycles. The van der Waals surface area contributed by atoms with Crippen molar-refractivity contribution in [2.24, 2.45) is 0 Å². The van der Waals surface area contributed by atoms with E-state index in [9.17, 15) is 14.9 Å². The third kappa shape index (κ3) is 3.82. The average molecular weight is 226 g/mol. The maximum absolute atomic E-state index is 10.4. The van der Waals surface area contributed by atoms with Crippen LogP contribution in [0.25, 0.3) is 0 Å². The van der Waals surface area contributed by atoms with Crippen molar-refractivity contribution in [1.82, 2.24) is 5.32 Å². The molecule has 7 nitrogen and oxygen atoms in total. The Morgan fingerprint density at radius 3 is 2.94 bits per heavy atom. The molecule has 1 aromatic carbocycles. The van der Waals surface area contributed by atoms with E-state index in [2.05, 4.69) is 5.32 Å². The lowest BCUT2D eigenvalue weighted by Gasteiger charge is -2.05. The van der Waals surface area contributed by atoms with E-state index in [1.54, 1.807) is 6.07 Å². The molecule has 0 aliphatic heterocycles. The Balaban J connectivity index is 2.45. The SMILES string of the molecule is O=C(O)NCCOc1cccc([N+](=O)[O-])c1. The number of amides is 1. The van der Waals surface area contributed by atoms with Crippen LogP contribution in [-0.4, -0.2) is 29.3 Å². The highest BCUT2D eigenvalue weighted by Gasteiger charge is 2.05. The molecule has 0 spiro atoms. The summed E-state index contributed by atoms with van der Waals surface area (Å²) < 4.78 is 5.12. The third-order valence-corrected chi connectivity index (χ3v) is 1.68. The van der Waals surface area contributed by atoms with Gasteiger partial charge in [-0.2, -0.15) is 0 Å². The molecule has 0 bridgehead atoms. The zero-order chi connectivity index (χ0) is 12.0. The van der Waals surface area contributed by atoms with Crippen molar-refractivity contribution in [2.75, 3.05) is 13.2 Å². The first-order valence-corrected chi connectivity index (χ1v) is 4.43. The zero-order valence-corrected chi connectivity index (χ0v) is 8.25. The van der Waals surface area contributed by atoms with E-state index < -0.39 is 11.0 Å². The lowest BCUT2D eigenvalue weighted by molar-refractivity contribution is -0.384. The highest BCUT2D eigenvalue weighted by molar-refractivity contribution is 5.64. The number of nitro groups is 1. The van der Waals surface area contributed by atoms with Crippen molar-refractivity contribution in [2.45, 2.75) is 0 Å². The molecule has 0 saturated carbocycles. The Labute approximate surface area is 90.8 Å². The second kappa shape index (κ2) is 5.54. The number of carbonyl (C=O) groups is 1. The minimum absolute atomic E-state index is 0.0660. The molecule has 1 rings (SSSR count). The molecule has 16 heavy (non-hydrogen) atoms. The Morgan fingerprint density at radius 2 is 2.31 bits per heavy atom. The Kier molecular flexibility index (Phi) is 4.07. The summed E-state index contributed by atoms with van der Waals surface area (Å²) in [5.74, 6) is 0.335. The molecule has 2 N–H and O–H groups in total. The topological polar surface area (TPSA) is 102 Å². The van der Waals surface area contributed by atoms with Crippen molar-refractivity contribution < 1.29 is 19.6 Å². The van der Waals surface area contributed by atoms with E-state index >= 15 is 0 Å². The van der Waals surface area contributed by atoms with Crippen LogP contribution in [0.3, 0.4) is 0 Å². The number of carboxylic acid groups (broad SMARTS) is 1. The molecule has 0 atom stereocenters. The summed E-state index contributed by atoms with van der Waals surface area (Å²) in [5.41, 5.74) is -0.0660. The number of non-ortho nitro benzene ring substituents is 1. The van der Waals surface area contributed by atoms with Crippen molar-refractivity contribution in [3.05, 3.63) is 34.4 Å². The van der Waals surface area contributed by atoms with Gasteiger partial charge in [-0.05, 0) is 6.07 Å². The van der Waals surface area contributed by atoms with E-state index in [1.165, 1.54) is 18.2 Å². The van der Waals surface area contributed by atoms with E-state index in [1.807, 2.05) is 0 Å². The third-order valence-electron chi connectivity index (χ3n) is 1.68. The lowest BCUT2D eigenvalue weighted by Crippen LogP contribution is -2.26. The minimum atomic E-state index is -1.14. The summed E-state index contributed by atoms with van der Waals surface area (Å²) in [6.07, 6.45) is -1.14. The quantitative estimate of drug-likeness (QED) is 0.446. The van der Waals surface area contributed by atoms with Crippen LogP contribution in [0.5, 0.6) is 5.75 Å². The fraction of sp³-hybridized carbons (Fsp3) is 0.222. The Morgan fingerprint density at radius 1 is 1.56 bits per heavy atom. The van der Waals surface area contributed by atoms with E-state index in [0.717, 1.165) is 0 Å². The molecule has 0 radical (unpaired) electrons. The second-order valence-electron chi connectivity index (χ2n) is 2.83. The molecular weight excluding hydrogens is 216 g/mol. The number of hydrogen-bond donors (Lipinski definition) is 2.